The fourth-order valence-corrected chi connectivity index (χ4v) is 4.95. The van der Waals surface area contributed by atoms with Crippen molar-refractivity contribution in [2.75, 3.05) is 21.9 Å². The molecule has 1 aliphatic rings. The van der Waals surface area contributed by atoms with Crippen molar-refractivity contribution in [2.24, 2.45) is 0 Å². The van der Waals surface area contributed by atoms with E-state index in [1.165, 1.54) is 22.5 Å². The maximum absolute atomic E-state index is 14.2. The summed E-state index contributed by atoms with van der Waals surface area (Å²) in [6, 6.07) is 13.8. The van der Waals surface area contributed by atoms with E-state index in [4.69, 9.17) is 11.6 Å². The average Bonchev–Trinajstić information content (AvgIpc) is 3.00. The van der Waals surface area contributed by atoms with Gasteiger partial charge in [-0.05, 0) is 36.8 Å². The largest absolute Gasteiger partial charge is 0.378 e. The first-order valence-electron chi connectivity index (χ1n) is 8.52. The minimum absolute atomic E-state index is 0.117. The Morgan fingerprint density at radius 2 is 2.00 bits per heavy atom. The Morgan fingerprint density at radius 3 is 2.78 bits per heavy atom. The molecule has 0 bridgehead atoms. The number of aromatic nitrogens is 1. The molecule has 0 radical (unpaired) electrons. The van der Waals surface area contributed by atoms with Crippen LogP contribution in [0.15, 0.2) is 48.5 Å². The maximum Gasteiger partial charge on any atom is 0.235 e. The molecule has 5 nitrogen and oxygen atoms in total. The molecule has 1 N–H and O–H groups in total. The molecule has 1 aliphatic heterocycles. The number of halogens is 2. The van der Waals surface area contributed by atoms with Crippen molar-refractivity contribution in [3.8, 4) is 0 Å². The van der Waals surface area contributed by atoms with Gasteiger partial charge in [0, 0.05) is 24.0 Å². The average molecular weight is 406 g/mol. The van der Waals surface area contributed by atoms with E-state index in [-0.39, 0.29) is 18.0 Å². The summed E-state index contributed by atoms with van der Waals surface area (Å²) in [6.45, 7) is 0.678. The Morgan fingerprint density at radius 1 is 1.19 bits per heavy atom. The molecular weight excluding hydrogens is 389 g/mol. The van der Waals surface area contributed by atoms with Crippen LogP contribution in [-0.4, -0.2) is 25.7 Å². The van der Waals surface area contributed by atoms with Crippen molar-refractivity contribution >= 4 is 43.9 Å². The van der Waals surface area contributed by atoms with Gasteiger partial charge >= 0.3 is 0 Å². The topological polar surface area (TPSA) is 62.3 Å². The summed E-state index contributed by atoms with van der Waals surface area (Å²) in [5.74, 6) is -0.342. The molecule has 2 aromatic carbocycles. The monoisotopic (exact) mass is 405 g/mol. The van der Waals surface area contributed by atoms with Crippen molar-refractivity contribution in [3.63, 3.8) is 0 Å². The summed E-state index contributed by atoms with van der Waals surface area (Å²) in [7, 11) is -3.32. The third-order valence-corrected chi connectivity index (χ3v) is 6.75. The number of anilines is 2. The SMILES string of the molecule is O=S1(=O)CCCN1c1ccc(F)c(NCc2cc3ccccc3nc2Cl)c1. The Bertz CT molecular complexity index is 1120. The van der Waals surface area contributed by atoms with Crippen LogP contribution in [0, 0.1) is 5.82 Å². The van der Waals surface area contributed by atoms with Crippen LogP contribution in [-0.2, 0) is 16.6 Å². The maximum atomic E-state index is 14.2. The van der Waals surface area contributed by atoms with Gasteiger partial charge in [-0.15, -0.1) is 0 Å². The van der Waals surface area contributed by atoms with Crippen molar-refractivity contribution in [1.82, 2.24) is 4.98 Å². The molecule has 140 valence electrons. The lowest BCUT2D eigenvalue weighted by Crippen LogP contribution is -2.25. The number of pyridine rings is 1. The lowest BCUT2D eigenvalue weighted by molar-refractivity contribution is 0.599. The van der Waals surface area contributed by atoms with Gasteiger partial charge < -0.3 is 5.32 Å². The van der Waals surface area contributed by atoms with E-state index < -0.39 is 15.8 Å². The zero-order chi connectivity index (χ0) is 19.0. The second-order valence-electron chi connectivity index (χ2n) is 6.39. The van der Waals surface area contributed by atoms with Crippen LogP contribution in [0.2, 0.25) is 5.15 Å². The molecule has 0 unspecified atom stereocenters. The Balaban J connectivity index is 1.60. The smallest absolute Gasteiger partial charge is 0.235 e. The first-order valence-corrected chi connectivity index (χ1v) is 10.5. The number of nitrogens with zero attached hydrogens (tertiary/aromatic N) is 2. The summed E-state index contributed by atoms with van der Waals surface area (Å²) < 4.78 is 39.7. The quantitative estimate of drug-likeness (QED) is 0.661. The van der Waals surface area contributed by atoms with Gasteiger partial charge in [0.25, 0.3) is 0 Å². The minimum atomic E-state index is -3.32. The second-order valence-corrected chi connectivity index (χ2v) is 8.76. The standard InChI is InChI=1S/C19H17ClFN3O2S/c20-19-14(10-13-4-1-2-5-17(13)23-19)12-22-18-11-15(6-7-16(18)21)24-8-3-9-27(24,25)26/h1-2,4-7,10-11,22H,3,8-9,12H2. The van der Waals surface area contributed by atoms with Crippen LogP contribution in [0.4, 0.5) is 15.8 Å². The van der Waals surface area contributed by atoms with Crippen LogP contribution >= 0.6 is 11.6 Å². The molecular formula is C19H17ClFN3O2S. The number of rotatable bonds is 4. The van der Waals surface area contributed by atoms with E-state index >= 15 is 0 Å². The van der Waals surface area contributed by atoms with E-state index in [1.807, 2.05) is 30.3 Å². The van der Waals surface area contributed by atoms with Crippen molar-refractivity contribution in [1.29, 1.82) is 0 Å². The molecule has 27 heavy (non-hydrogen) atoms. The highest BCUT2D eigenvalue weighted by Crippen LogP contribution is 2.29. The van der Waals surface area contributed by atoms with Gasteiger partial charge in [-0.25, -0.2) is 17.8 Å². The summed E-state index contributed by atoms with van der Waals surface area (Å²) >= 11 is 6.25. The molecule has 0 amide bonds. The van der Waals surface area contributed by atoms with Crippen molar-refractivity contribution in [3.05, 3.63) is 65.1 Å². The molecule has 1 aromatic heterocycles. The summed E-state index contributed by atoms with van der Waals surface area (Å²) in [6.07, 6.45) is 0.570. The van der Waals surface area contributed by atoms with E-state index in [2.05, 4.69) is 10.3 Å². The highest BCUT2D eigenvalue weighted by molar-refractivity contribution is 7.93. The van der Waals surface area contributed by atoms with Gasteiger partial charge in [0.2, 0.25) is 10.0 Å². The second kappa shape index (κ2) is 6.98. The molecule has 0 saturated carbocycles. The fourth-order valence-electron chi connectivity index (χ4n) is 3.18. The van der Waals surface area contributed by atoms with E-state index in [0.717, 1.165) is 16.5 Å². The number of hydrogen-bond donors (Lipinski definition) is 1. The van der Waals surface area contributed by atoms with Crippen molar-refractivity contribution in [2.45, 2.75) is 13.0 Å². The van der Waals surface area contributed by atoms with Gasteiger partial charge in [-0.2, -0.15) is 0 Å². The Kier molecular flexibility index (Phi) is 4.65. The molecule has 1 fully saturated rings. The van der Waals surface area contributed by atoms with Crippen LogP contribution < -0.4 is 9.62 Å². The molecule has 4 rings (SSSR count). The number of benzene rings is 2. The Hall–Kier alpha value is -2.38. The highest BCUT2D eigenvalue weighted by Gasteiger charge is 2.28. The Labute approximate surface area is 161 Å². The van der Waals surface area contributed by atoms with Gasteiger partial charge in [-0.1, -0.05) is 29.8 Å². The predicted octanol–water partition coefficient (Wildman–Crippen LogP) is 4.18. The normalized spacial score (nSPS) is 16.0. The first kappa shape index (κ1) is 18.0. The lowest BCUT2D eigenvalue weighted by Gasteiger charge is -2.18. The van der Waals surface area contributed by atoms with Gasteiger partial charge in [-0.3, -0.25) is 4.31 Å². The zero-order valence-electron chi connectivity index (χ0n) is 14.3. The molecule has 3 aromatic rings. The third-order valence-electron chi connectivity index (χ3n) is 4.56. The zero-order valence-corrected chi connectivity index (χ0v) is 15.9. The molecule has 0 spiro atoms. The van der Waals surface area contributed by atoms with Gasteiger partial charge in [0.05, 0.1) is 22.6 Å². The van der Waals surface area contributed by atoms with Crippen LogP contribution in [0.1, 0.15) is 12.0 Å². The van der Waals surface area contributed by atoms with E-state index in [0.29, 0.717) is 23.8 Å². The third kappa shape index (κ3) is 3.57. The minimum Gasteiger partial charge on any atom is -0.378 e. The number of para-hydroxylation sites is 1. The van der Waals surface area contributed by atoms with Crippen LogP contribution in [0.25, 0.3) is 10.9 Å². The molecule has 0 aliphatic carbocycles. The van der Waals surface area contributed by atoms with E-state index in [1.54, 1.807) is 0 Å². The fraction of sp³-hybridized carbons (Fsp3) is 0.211. The molecule has 8 heteroatoms. The molecule has 0 atom stereocenters. The van der Waals surface area contributed by atoms with E-state index in [9.17, 15) is 12.8 Å². The van der Waals surface area contributed by atoms with Crippen LogP contribution in [0.3, 0.4) is 0 Å². The van der Waals surface area contributed by atoms with Crippen LogP contribution in [0.5, 0.6) is 0 Å². The molecule has 2 heterocycles. The number of hydrogen-bond acceptors (Lipinski definition) is 4. The number of fused-ring (bicyclic) bond motifs is 1. The van der Waals surface area contributed by atoms with Gasteiger partial charge in [0.1, 0.15) is 11.0 Å². The summed E-state index contributed by atoms with van der Waals surface area (Å²) in [5.41, 5.74) is 2.20. The number of nitrogens with one attached hydrogen (secondary N) is 1. The first-order chi connectivity index (χ1) is 12.9. The summed E-state index contributed by atoms with van der Waals surface area (Å²) in [5, 5.41) is 4.29. The van der Waals surface area contributed by atoms with Crippen molar-refractivity contribution < 1.29 is 12.8 Å². The highest BCUT2D eigenvalue weighted by atomic mass is 35.5. The number of sulfonamides is 1. The molecule has 1 saturated heterocycles. The lowest BCUT2D eigenvalue weighted by atomic mass is 10.1. The summed E-state index contributed by atoms with van der Waals surface area (Å²) in [4.78, 5) is 4.35. The van der Waals surface area contributed by atoms with Gasteiger partial charge in [0.15, 0.2) is 0 Å². The predicted molar refractivity (Wildman–Crippen MR) is 106 cm³/mol.